The molecule has 0 aromatic heterocycles. The van der Waals surface area contributed by atoms with Gasteiger partial charge in [0, 0.05) is 6.54 Å². The Balaban J connectivity index is 2.28. The normalized spacial score (nSPS) is 10.5. The minimum atomic E-state index is -1.76. The second kappa shape index (κ2) is 5.92. The summed E-state index contributed by atoms with van der Waals surface area (Å²) in [5, 5.41) is 2.08. The molecule has 0 radical (unpaired) electrons. The summed E-state index contributed by atoms with van der Waals surface area (Å²) in [6.45, 7) is 0.114. The second-order valence-electron chi connectivity index (χ2n) is 4.20. The highest BCUT2D eigenvalue weighted by atomic mass is 19.2. The summed E-state index contributed by atoms with van der Waals surface area (Å²) < 4.78 is 52.9. The van der Waals surface area contributed by atoms with Crippen molar-refractivity contribution in [3.05, 3.63) is 64.7 Å². The first-order valence-electron chi connectivity index (χ1n) is 5.87. The molecule has 0 aliphatic rings. The van der Waals surface area contributed by atoms with Crippen LogP contribution in [0.5, 0.6) is 0 Å². The van der Waals surface area contributed by atoms with Crippen LogP contribution in [0.15, 0.2) is 30.3 Å². The molecular weight excluding hydrogens is 288 g/mol. The zero-order chi connectivity index (χ0) is 15.6. The van der Waals surface area contributed by atoms with E-state index in [9.17, 15) is 22.4 Å². The van der Waals surface area contributed by atoms with Gasteiger partial charge in [-0.15, -0.1) is 0 Å². The SMILES string of the molecule is NCc1ccc(NC(=O)c2ccc(F)c(F)c2F)c(F)c1. The topological polar surface area (TPSA) is 55.1 Å². The van der Waals surface area contributed by atoms with Gasteiger partial charge in [-0.2, -0.15) is 0 Å². The molecule has 110 valence electrons. The van der Waals surface area contributed by atoms with E-state index >= 15 is 0 Å². The summed E-state index contributed by atoms with van der Waals surface area (Å²) in [4.78, 5) is 11.8. The average Bonchev–Trinajstić information content (AvgIpc) is 2.46. The first kappa shape index (κ1) is 15.0. The molecule has 21 heavy (non-hydrogen) atoms. The Kier molecular flexibility index (Phi) is 4.23. The molecule has 2 aromatic rings. The molecule has 0 aliphatic carbocycles. The predicted molar refractivity (Wildman–Crippen MR) is 68.6 cm³/mol. The van der Waals surface area contributed by atoms with Gasteiger partial charge in [0.15, 0.2) is 17.5 Å². The van der Waals surface area contributed by atoms with Crippen LogP contribution in [-0.2, 0) is 6.54 Å². The summed E-state index contributed by atoms with van der Waals surface area (Å²) in [5.41, 5.74) is 4.89. The molecule has 0 spiro atoms. The third kappa shape index (κ3) is 3.03. The van der Waals surface area contributed by atoms with Crippen LogP contribution in [-0.4, -0.2) is 5.91 Å². The van der Waals surface area contributed by atoms with Crippen LogP contribution in [0.1, 0.15) is 15.9 Å². The molecule has 2 rings (SSSR count). The van der Waals surface area contributed by atoms with Crippen LogP contribution in [0.25, 0.3) is 0 Å². The van der Waals surface area contributed by atoms with E-state index in [2.05, 4.69) is 5.32 Å². The Morgan fingerprint density at radius 2 is 1.71 bits per heavy atom. The minimum absolute atomic E-state index is 0.114. The molecule has 0 saturated heterocycles. The van der Waals surface area contributed by atoms with Crippen molar-refractivity contribution < 1.29 is 22.4 Å². The molecule has 3 nitrogen and oxygen atoms in total. The monoisotopic (exact) mass is 298 g/mol. The van der Waals surface area contributed by atoms with Gasteiger partial charge in [0.1, 0.15) is 5.82 Å². The van der Waals surface area contributed by atoms with Gasteiger partial charge in [-0.05, 0) is 29.8 Å². The smallest absolute Gasteiger partial charge is 0.258 e. The van der Waals surface area contributed by atoms with E-state index in [4.69, 9.17) is 5.73 Å². The highest BCUT2D eigenvalue weighted by Gasteiger charge is 2.19. The lowest BCUT2D eigenvalue weighted by molar-refractivity contribution is 0.102. The van der Waals surface area contributed by atoms with E-state index in [0.29, 0.717) is 11.6 Å². The molecule has 2 aromatic carbocycles. The zero-order valence-corrected chi connectivity index (χ0v) is 10.6. The largest absolute Gasteiger partial charge is 0.326 e. The summed E-state index contributed by atoms with van der Waals surface area (Å²) in [7, 11) is 0. The van der Waals surface area contributed by atoms with Crippen molar-refractivity contribution in [1.82, 2.24) is 0 Å². The van der Waals surface area contributed by atoms with E-state index < -0.39 is 34.7 Å². The number of carbonyl (C=O) groups is 1. The number of halogens is 4. The van der Waals surface area contributed by atoms with Crippen LogP contribution in [0.3, 0.4) is 0 Å². The Morgan fingerprint density at radius 1 is 1.00 bits per heavy atom. The minimum Gasteiger partial charge on any atom is -0.326 e. The number of hydrogen-bond acceptors (Lipinski definition) is 2. The number of rotatable bonds is 3. The molecule has 1 amide bonds. The van der Waals surface area contributed by atoms with Crippen LogP contribution in [0, 0.1) is 23.3 Å². The number of benzene rings is 2. The summed E-state index contributed by atoms with van der Waals surface area (Å²) in [6.07, 6.45) is 0. The van der Waals surface area contributed by atoms with Gasteiger partial charge in [0.25, 0.3) is 5.91 Å². The molecule has 0 unspecified atom stereocenters. The molecule has 0 saturated carbocycles. The lowest BCUT2D eigenvalue weighted by Gasteiger charge is -2.09. The average molecular weight is 298 g/mol. The standard InChI is InChI=1S/C14H10F4N2O/c15-9-3-2-8(12(17)13(9)18)14(21)20-11-4-1-7(6-19)5-10(11)16/h1-5H,6,19H2,(H,20,21). The quantitative estimate of drug-likeness (QED) is 0.676. The molecular formula is C14H10F4N2O. The van der Waals surface area contributed by atoms with Crippen molar-refractivity contribution in [3.63, 3.8) is 0 Å². The van der Waals surface area contributed by atoms with Gasteiger partial charge < -0.3 is 11.1 Å². The van der Waals surface area contributed by atoms with Crippen molar-refractivity contribution in [2.45, 2.75) is 6.54 Å². The fourth-order valence-corrected chi connectivity index (χ4v) is 1.68. The van der Waals surface area contributed by atoms with Gasteiger partial charge in [-0.1, -0.05) is 6.07 Å². The second-order valence-corrected chi connectivity index (χ2v) is 4.20. The molecule has 0 atom stereocenters. The third-order valence-corrected chi connectivity index (χ3v) is 2.80. The van der Waals surface area contributed by atoms with Gasteiger partial charge >= 0.3 is 0 Å². The third-order valence-electron chi connectivity index (χ3n) is 2.80. The first-order chi connectivity index (χ1) is 9.93. The summed E-state index contributed by atoms with van der Waals surface area (Å²) in [5.74, 6) is -6.67. The van der Waals surface area contributed by atoms with Crippen LogP contribution >= 0.6 is 0 Å². The van der Waals surface area contributed by atoms with Crippen molar-refractivity contribution in [2.24, 2.45) is 5.73 Å². The maximum Gasteiger partial charge on any atom is 0.258 e. The number of hydrogen-bond donors (Lipinski definition) is 2. The maximum absolute atomic E-state index is 13.7. The van der Waals surface area contributed by atoms with Gasteiger partial charge in [0.05, 0.1) is 11.3 Å². The van der Waals surface area contributed by atoms with Gasteiger partial charge in [0.2, 0.25) is 0 Å². The highest BCUT2D eigenvalue weighted by Crippen LogP contribution is 2.19. The van der Waals surface area contributed by atoms with Crippen molar-refractivity contribution >= 4 is 11.6 Å². The fourth-order valence-electron chi connectivity index (χ4n) is 1.68. The summed E-state index contributed by atoms with van der Waals surface area (Å²) >= 11 is 0. The Morgan fingerprint density at radius 3 is 2.33 bits per heavy atom. The maximum atomic E-state index is 13.7. The molecule has 0 aliphatic heterocycles. The molecule has 3 N–H and O–H groups in total. The summed E-state index contributed by atoms with van der Waals surface area (Å²) in [6, 6.07) is 5.21. The van der Waals surface area contributed by atoms with Crippen molar-refractivity contribution in [1.29, 1.82) is 0 Å². The number of nitrogens with one attached hydrogen (secondary N) is 1. The zero-order valence-electron chi connectivity index (χ0n) is 10.6. The van der Waals surface area contributed by atoms with Crippen LogP contribution < -0.4 is 11.1 Å². The van der Waals surface area contributed by atoms with Crippen LogP contribution in [0.4, 0.5) is 23.2 Å². The molecule has 0 bridgehead atoms. The first-order valence-corrected chi connectivity index (χ1v) is 5.87. The molecule has 7 heteroatoms. The lowest BCUT2D eigenvalue weighted by Crippen LogP contribution is -2.16. The molecule has 0 heterocycles. The van der Waals surface area contributed by atoms with E-state index in [1.54, 1.807) is 0 Å². The Bertz CT molecular complexity index is 704. The number of amides is 1. The van der Waals surface area contributed by atoms with Crippen molar-refractivity contribution in [2.75, 3.05) is 5.32 Å². The Hall–Kier alpha value is -2.41. The number of nitrogens with two attached hydrogens (primary N) is 1. The van der Waals surface area contributed by atoms with Gasteiger partial charge in [-0.25, -0.2) is 17.6 Å². The van der Waals surface area contributed by atoms with Crippen molar-refractivity contribution in [3.8, 4) is 0 Å². The molecule has 0 fully saturated rings. The highest BCUT2D eigenvalue weighted by molar-refractivity contribution is 6.04. The van der Waals surface area contributed by atoms with Gasteiger partial charge in [-0.3, -0.25) is 4.79 Å². The predicted octanol–water partition coefficient (Wildman–Crippen LogP) is 2.95. The number of carbonyl (C=O) groups excluding carboxylic acids is 1. The van der Waals surface area contributed by atoms with E-state index in [-0.39, 0.29) is 12.2 Å². The van der Waals surface area contributed by atoms with E-state index in [1.807, 2.05) is 0 Å². The van der Waals surface area contributed by atoms with E-state index in [0.717, 1.165) is 12.1 Å². The Labute approximate surface area is 117 Å². The van der Waals surface area contributed by atoms with Crippen LogP contribution in [0.2, 0.25) is 0 Å². The lowest BCUT2D eigenvalue weighted by atomic mass is 10.1. The fraction of sp³-hybridized carbons (Fsp3) is 0.0714. The number of anilines is 1. The van der Waals surface area contributed by atoms with E-state index in [1.165, 1.54) is 12.1 Å².